The summed E-state index contributed by atoms with van der Waals surface area (Å²) in [4.78, 5) is 0. The van der Waals surface area contributed by atoms with Gasteiger partial charge in [-0.2, -0.15) is 5.10 Å². The van der Waals surface area contributed by atoms with Gasteiger partial charge >= 0.3 is 0 Å². The van der Waals surface area contributed by atoms with Gasteiger partial charge < -0.3 is 10.4 Å². The molecule has 0 bridgehead atoms. The minimum Gasteiger partial charge on any atom is -0.394 e. The molecule has 0 amide bonds. The summed E-state index contributed by atoms with van der Waals surface area (Å²) in [6.07, 6.45) is 7.00. The molecule has 4 heteroatoms. The zero-order valence-corrected chi connectivity index (χ0v) is 11.2. The highest BCUT2D eigenvalue weighted by atomic mass is 16.3. The van der Waals surface area contributed by atoms with Crippen molar-refractivity contribution in [1.29, 1.82) is 0 Å². The first-order valence-corrected chi connectivity index (χ1v) is 6.44. The molecule has 0 spiro atoms. The Morgan fingerprint density at radius 2 is 2.29 bits per heavy atom. The SMILES string of the molecule is CCCNC(C)(CO)CCCn1cc(C)cn1. The van der Waals surface area contributed by atoms with Crippen LogP contribution in [0, 0.1) is 6.92 Å². The van der Waals surface area contributed by atoms with E-state index in [1.54, 1.807) is 0 Å². The summed E-state index contributed by atoms with van der Waals surface area (Å²) in [5, 5.41) is 17.1. The molecule has 2 N–H and O–H groups in total. The molecule has 1 atom stereocenters. The fourth-order valence-electron chi connectivity index (χ4n) is 1.87. The number of nitrogens with one attached hydrogen (secondary N) is 1. The van der Waals surface area contributed by atoms with E-state index in [2.05, 4.69) is 30.5 Å². The van der Waals surface area contributed by atoms with E-state index in [-0.39, 0.29) is 12.1 Å². The zero-order chi connectivity index (χ0) is 12.7. The molecule has 1 unspecified atom stereocenters. The lowest BCUT2D eigenvalue weighted by Gasteiger charge is -2.28. The Morgan fingerprint density at radius 3 is 2.82 bits per heavy atom. The van der Waals surface area contributed by atoms with E-state index < -0.39 is 0 Å². The summed E-state index contributed by atoms with van der Waals surface area (Å²) in [6.45, 7) is 8.32. The Balaban J connectivity index is 2.32. The van der Waals surface area contributed by atoms with Gasteiger partial charge in [-0.15, -0.1) is 0 Å². The van der Waals surface area contributed by atoms with Gasteiger partial charge in [-0.05, 0) is 45.2 Å². The van der Waals surface area contributed by atoms with Gasteiger partial charge in [0.05, 0.1) is 12.8 Å². The Bertz CT molecular complexity index is 324. The molecule has 1 rings (SSSR count). The van der Waals surface area contributed by atoms with Gasteiger partial charge in [-0.3, -0.25) is 4.68 Å². The van der Waals surface area contributed by atoms with Gasteiger partial charge in [0.2, 0.25) is 0 Å². The molecule has 0 aromatic carbocycles. The Hall–Kier alpha value is -0.870. The number of aliphatic hydroxyl groups excluding tert-OH is 1. The monoisotopic (exact) mass is 239 g/mol. The molecule has 0 aliphatic carbocycles. The predicted molar refractivity (Wildman–Crippen MR) is 70.0 cm³/mol. The van der Waals surface area contributed by atoms with E-state index in [9.17, 15) is 5.11 Å². The van der Waals surface area contributed by atoms with E-state index in [0.29, 0.717) is 0 Å². The lowest BCUT2D eigenvalue weighted by molar-refractivity contribution is 0.162. The first-order chi connectivity index (χ1) is 8.09. The van der Waals surface area contributed by atoms with Crippen molar-refractivity contribution >= 4 is 0 Å². The molecular formula is C13H25N3O. The standard InChI is InChI=1S/C13H25N3O/c1-4-7-14-13(3,11-17)6-5-8-16-10-12(2)9-15-16/h9-10,14,17H,4-8,11H2,1-3H3. The molecule has 0 aliphatic heterocycles. The van der Waals surface area contributed by atoms with Gasteiger partial charge in [0.15, 0.2) is 0 Å². The van der Waals surface area contributed by atoms with E-state index in [4.69, 9.17) is 0 Å². The summed E-state index contributed by atoms with van der Waals surface area (Å²) in [5.41, 5.74) is 1.04. The van der Waals surface area contributed by atoms with Gasteiger partial charge in [0.25, 0.3) is 0 Å². The first-order valence-electron chi connectivity index (χ1n) is 6.44. The van der Waals surface area contributed by atoms with Gasteiger partial charge in [-0.25, -0.2) is 0 Å². The zero-order valence-electron chi connectivity index (χ0n) is 11.2. The smallest absolute Gasteiger partial charge is 0.0610 e. The number of hydrogen-bond acceptors (Lipinski definition) is 3. The van der Waals surface area contributed by atoms with Crippen molar-refractivity contribution in [1.82, 2.24) is 15.1 Å². The fourth-order valence-corrected chi connectivity index (χ4v) is 1.87. The molecule has 17 heavy (non-hydrogen) atoms. The molecule has 1 aromatic heterocycles. The van der Waals surface area contributed by atoms with E-state index in [1.165, 1.54) is 5.56 Å². The minimum absolute atomic E-state index is 0.155. The van der Waals surface area contributed by atoms with Crippen LogP contribution in [0.5, 0.6) is 0 Å². The van der Waals surface area contributed by atoms with Crippen LogP contribution in [0.25, 0.3) is 0 Å². The van der Waals surface area contributed by atoms with Crippen LogP contribution in [-0.4, -0.2) is 33.6 Å². The van der Waals surface area contributed by atoms with Crippen molar-refractivity contribution in [3.63, 3.8) is 0 Å². The molecule has 0 aliphatic rings. The number of nitrogens with zero attached hydrogens (tertiary/aromatic N) is 2. The van der Waals surface area contributed by atoms with Crippen LogP contribution >= 0.6 is 0 Å². The maximum absolute atomic E-state index is 9.43. The van der Waals surface area contributed by atoms with Crippen LogP contribution in [-0.2, 0) is 6.54 Å². The summed E-state index contributed by atoms with van der Waals surface area (Å²) < 4.78 is 1.97. The van der Waals surface area contributed by atoms with Crippen molar-refractivity contribution in [3.8, 4) is 0 Å². The van der Waals surface area contributed by atoms with Crippen molar-refractivity contribution in [3.05, 3.63) is 18.0 Å². The molecule has 0 saturated heterocycles. The topological polar surface area (TPSA) is 50.1 Å². The molecular weight excluding hydrogens is 214 g/mol. The second-order valence-corrected chi connectivity index (χ2v) is 5.03. The van der Waals surface area contributed by atoms with E-state index in [1.807, 2.05) is 17.8 Å². The Kier molecular flexibility index (Phi) is 5.65. The Labute approximate surface area is 104 Å². The van der Waals surface area contributed by atoms with Crippen LogP contribution < -0.4 is 5.32 Å². The average molecular weight is 239 g/mol. The van der Waals surface area contributed by atoms with Crippen LogP contribution in [0.1, 0.15) is 38.7 Å². The number of aliphatic hydroxyl groups is 1. The molecule has 4 nitrogen and oxygen atoms in total. The lowest BCUT2D eigenvalue weighted by atomic mass is 9.96. The van der Waals surface area contributed by atoms with Gasteiger partial charge in [-0.1, -0.05) is 6.92 Å². The van der Waals surface area contributed by atoms with Crippen molar-refractivity contribution < 1.29 is 5.11 Å². The van der Waals surface area contributed by atoms with Gasteiger partial charge in [0, 0.05) is 18.3 Å². The third-order valence-corrected chi connectivity index (χ3v) is 3.03. The van der Waals surface area contributed by atoms with Crippen LogP contribution in [0.15, 0.2) is 12.4 Å². The largest absolute Gasteiger partial charge is 0.394 e. The van der Waals surface area contributed by atoms with E-state index >= 15 is 0 Å². The highest BCUT2D eigenvalue weighted by Gasteiger charge is 2.21. The van der Waals surface area contributed by atoms with Crippen LogP contribution in [0.3, 0.4) is 0 Å². The highest BCUT2D eigenvalue weighted by molar-refractivity contribution is 4.99. The summed E-state index contributed by atoms with van der Waals surface area (Å²) in [5.74, 6) is 0. The summed E-state index contributed by atoms with van der Waals surface area (Å²) in [7, 11) is 0. The van der Waals surface area contributed by atoms with E-state index in [0.717, 1.165) is 32.4 Å². The Morgan fingerprint density at radius 1 is 1.53 bits per heavy atom. The molecule has 1 heterocycles. The first kappa shape index (κ1) is 14.2. The van der Waals surface area contributed by atoms with Crippen LogP contribution in [0.2, 0.25) is 0 Å². The van der Waals surface area contributed by atoms with Crippen molar-refractivity contribution in [2.24, 2.45) is 0 Å². The van der Waals surface area contributed by atoms with Crippen molar-refractivity contribution in [2.75, 3.05) is 13.2 Å². The number of aromatic nitrogens is 2. The quantitative estimate of drug-likeness (QED) is 0.726. The number of rotatable bonds is 8. The molecule has 98 valence electrons. The third-order valence-electron chi connectivity index (χ3n) is 3.03. The summed E-state index contributed by atoms with van der Waals surface area (Å²) >= 11 is 0. The lowest BCUT2D eigenvalue weighted by Crippen LogP contribution is -2.46. The molecule has 0 saturated carbocycles. The molecule has 0 fully saturated rings. The second kappa shape index (κ2) is 6.77. The molecule has 0 radical (unpaired) electrons. The fraction of sp³-hybridized carbons (Fsp3) is 0.769. The van der Waals surface area contributed by atoms with Crippen molar-refractivity contribution in [2.45, 2.75) is 52.1 Å². The summed E-state index contributed by atoms with van der Waals surface area (Å²) in [6, 6.07) is 0. The molecule has 1 aromatic rings. The second-order valence-electron chi connectivity index (χ2n) is 5.03. The number of hydrogen-bond donors (Lipinski definition) is 2. The normalized spacial score (nSPS) is 14.8. The maximum Gasteiger partial charge on any atom is 0.0610 e. The average Bonchev–Trinajstić information content (AvgIpc) is 2.72. The number of aryl methyl sites for hydroxylation is 2. The third kappa shape index (κ3) is 4.88. The predicted octanol–water partition coefficient (Wildman–Crippen LogP) is 1.72. The minimum atomic E-state index is -0.155. The van der Waals surface area contributed by atoms with Gasteiger partial charge in [0.1, 0.15) is 0 Å². The van der Waals surface area contributed by atoms with Crippen LogP contribution in [0.4, 0.5) is 0 Å². The maximum atomic E-state index is 9.43. The highest BCUT2D eigenvalue weighted by Crippen LogP contribution is 2.12.